The van der Waals surface area contributed by atoms with Crippen molar-refractivity contribution in [2.45, 2.75) is 18.2 Å². The summed E-state index contributed by atoms with van der Waals surface area (Å²) in [6.45, 7) is 2.26. The Hall–Kier alpha value is -2.11. The maximum Gasteiger partial charge on any atom is 0.240 e. The minimum atomic E-state index is -3.46. The molecule has 114 valence electrons. The summed E-state index contributed by atoms with van der Waals surface area (Å²) in [6.07, 6.45) is 2.27. The second kappa shape index (κ2) is 5.94. The van der Waals surface area contributed by atoms with Crippen LogP contribution in [0.5, 0.6) is 0 Å². The summed E-state index contributed by atoms with van der Waals surface area (Å²) in [4.78, 5) is 0.287. The molecule has 1 heterocycles. The van der Waals surface area contributed by atoms with Gasteiger partial charge in [0.2, 0.25) is 10.0 Å². The topological polar surface area (TPSA) is 59.3 Å². The highest BCUT2D eigenvalue weighted by atomic mass is 32.2. The SMILES string of the molecule is Cc1ccc(S(=O)(=O)NCCc2coc3ccccc23)cc1. The Bertz CT molecular complexity index is 880. The molecule has 0 atom stereocenters. The second-order valence-corrected chi connectivity index (χ2v) is 6.98. The lowest BCUT2D eigenvalue weighted by molar-refractivity contribution is 0.580. The van der Waals surface area contributed by atoms with E-state index < -0.39 is 10.0 Å². The van der Waals surface area contributed by atoms with Gasteiger partial charge in [-0.1, -0.05) is 35.9 Å². The number of para-hydroxylation sites is 1. The first-order valence-corrected chi connectivity index (χ1v) is 8.56. The lowest BCUT2D eigenvalue weighted by Crippen LogP contribution is -2.25. The van der Waals surface area contributed by atoms with Crippen LogP contribution in [0.15, 0.2) is 64.1 Å². The van der Waals surface area contributed by atoms with Gasteiger partial charge in [-0.15, -0.1) is 0 Å². The number of furan rings is 1. The first-order valence-electron chi connectivity index (χ1n) is 7.08. The van der Waals surface area contributed by atoms with Gasteiger partial charge in [-0.25, -0.2) is 13.1 Å². The zero-order valence-corrected chi connectivity index (χ0v) is 13.1. The summed E-state index contributed by atoms with van der Waals surface area (Å²) >= 11 is 0. The molecule has 1 N–H and O–H groups in total. The average molecular weight is 315 g/mol. The van der Waals surface area contributed by atoms with E-state index in [0.717, 1.165) is 22.1 Å². The molecule has 0 unspecified atom stereocenters. The minimum absolute atomic E-state index is 0.287. The van der Waals surface area contributed by atoms with E-state index in [1.165, 1.54) is 0 Å². The van der Waals surface area contributed by atoms with Crippen LogP contribution in [-0.2, 0) is 16.4 Å². The number of sulfonamides is 1. The number of rotatable bonds is 5. The molecule has 0 aliphatic rings. The van der Waals surface area contributed by atoms with Gasteiger partial charge in [0.25, 0.3) is 0 Å². The minimum Gasteiger partial charge on any atom is -0.464 e. The van der Waals surface area contributed by atoms with Crippen LogP contribution in [0.1, 0.15) is 11.1 Å². The molecule has 0 bridgehead atoms. The van der Waals surface area contributed by atoms with E-state index in [-0.39, 0.29) is 4.90 Å². The van der Waals surface area contributed by atoms with Crippen LogP contribution in [0.3, 0.4) is 0 Å². The van der Waals surface area contributed by atoms with Crippen molar-refractivity contribution in [1.82, 2.24) is 4.72 Å². The van der Waals surface area contributed by atoms with Crippen molar-refractivity contribution < 1.29 is 12.8 Å². The highest BCUT2D eigenvalue weighted by Crippen LogP contribution is 2.21. The molecule has 0 amide bonds. The molecule has 2 aromatic carbocycles. The number of nitrogens with one attached hydrogen (secondary N) is 1. The van der Waals surface area contributed by atoms with Crippen LogP contribution in [0.25, 0.3) is 11.0 Å². The third-order valence-electron chi connectivity index (χ3n) is 3.58. The van der Waals surface area contributed by atoms with Crippen molar-refractivity contribution in [2.75, 3.05) is 6.54 Å². The van der Waals surface area contributed by atoms with Crippen molar-refractivity contribution in [2.24, 2.45) is 0 Å². The summed E-state index contributed by atoms with van der Waals surface area (Å²) < 4.78 is 32.5. The molecule has 0 spiro atoms. The molecule has 5 heteroatoms. The third kappa shape index (κ3) is 3.05. The van der Waals surface area contributed by atoms with Crippen molar-refractivity contribution in [1.29, 1.82) is 0 Å². The quantitative estimate of drug-likeness (QED) is 0.786. The molecule has 3 aromatic rings. The first kappa shape index (κ1) is 14.8. The van der Waals surface area contributed by atoms with Crippen molar-refractivity contribution in [3.63, 3.8) is 0 Å². The zero-order valence-electron chi connectivity index (χ0n) is 12.2. The van der Waals surface area contributed by atoms with Gasteiger partial charge in [0.05, 0.1) is 11.2 Å². The van der Waals surface area contributed by atoms with Gasteiger partial charge in [0, 0.05) is 11.9 Å². The molecule has 0 saturated heterocycles. The number of hydrogen-bond acceptors (Lipinski definition) is 3. The largest absolute Gasteiger partial charge is 0.464 e. The highest BCUT2D eigenvalue weighted by Gasteiger charge is 2.13. The summed E-state index contributed by atoms with van der Waals surface area (Å²) in [6, 6.07) is 14.5. The van der Waals surface area contributed by atoms with Crippen LogP contribution in [0, 0.1) is 6.92 Å². The van der Waals surface area contributed by atoms with Crippen LogP contribution < -0.4 is 4.72 Å². The van der Waals surface area contributed by atoms with Gasteiger partial charge in [-0.05, 0) is 37.1 Å². The van der Waals surface area contributed by atoms with Crippen LogP contribution >= 0.6 is 0 Å². The fourth-order valence-corrected chi connectivity index (χ4v) is 3.38. The molecule has 0 radical (unpaired) electrons. The normalized spacial score (nSPS) is 11.9. The lowest BCUT2D eigenvalue weighted by atomic mass is 10.1. The molecule has 4 nitrogen and oxygen atoms in total. The second-order valence-electron chi connectivity index (χ2n) is 5.22. The van der Waals surface area contributed by atoms with E-state index in [2.05, 4.69) is 4.72 Å². The van der Waals surface area contributed by atoms with Crippen LogP contribution in [0.2, 0.25) is 0 Å². The average Bonchev–Trinajstić information content (AvgIpc) is 2.91. The predicted octanol–water partition coefficient (Wildman–Crippen LogP) is 3.26. The van der Waals surface area contributed by atoms with E-state index in [1.54, 1.807) is 30.5 Å². The molecular weight excluding hydrogens is 298 g/mol. The van der Waals surface area contributed by atoms with Gasteiger partial charge < -0.3 is 4.42 Å². The maximum absolute atomic E-state index is 12.2. The Kier molecular flexibility index (Phi) is 4.00. The standard InChI is InChI=1S/C17H17NO3S/c1-13-6-8-15(9-7-13)22(19,20)18-11-10-14-12-21-17-5-3-2-4-16(14)17/h2-9,12,18H,10-11H2,1H3. The number of hydrogen-bond donors (Lipinski definition) is 1. The van der Waals surface area contributed by atoms with Gasteiger partial charge in [-0.3, -0.25) is 0 Å². The van der Waals surface area contributed by atoms with E-state index in [0.29, 0.717) is 13.0 Å². The molecule has 0 saturated carbocycles. The van der Waals surface area contributed by atoms with E-state index in [9.17, 15) is 8.42 Å². The van der Waals surface area contributed by atoms with E-state index >= 15 is 0 Å². The Morgan fingerprint density at radius 3 is 2.55 bits per heavy atom. The Labute approximate surface area is 129 Å². The van der Waals surface area contributed by atoms with Gasteiger partial charge >= 0.3 is 0 Å². The summed E-state index contributed by atoms with van der Waals surface area (Å²) in [5.74, 6) is 0. The number of fused-ring (bicyclic) bond motifs is 1. The maximum atomic E-state index is 12.2. The van der Waals surface area contributed by atoms with E-state index in [4.69, 9.17) is 4.42 Å². The van der Waals surface area contributed by atoms with Crippen molar-refractivity contribution in [3.8, 4) is 0 Å². The fourth-order valence-electron chi connectivity index (χ4n) is 2.35. The molecular formula is C17H17NO3S. The molecule has 1 aromatic heterocycles. The third-order valence-corrected chi connectivity index (χ3v) is 5.06. The lowest BCUT2D eigenvalue weighted by Gasteiger charge is -2.06. The zero-order chi connectivity index (χ0) is 15.6. The molecule has 0 aliphatic carbocycles. The smallest absolute Gasteiger partial charge is 0.240 e. The van der Waals surface area contributed by atoms with Crippen LogP contribution in [0.4, 0.5) is 0 Å². The Balaban J connectivity index is 1.68. The Morgan fingerprint density at radius 1 is 1.05 bits per heavy atom. The molecule has 22 heavy (non-hydrogen) atoms. The summed E-state index contributed by atoms with van der Waals surface area (Å²) in [7, 11) is -3.46. The fraction of sp³-hybridized carbons (Fsp3) is 0.176. The first-order chi connectivity index (χ1) is 10.6. The monoisotopic (exact) mass is 315 g/mol. The Morgan fingerprint density at radius 2 is 1.77 bits per heavy atom. The van der Waals surface area contributed by atoms with Crippen molar-refractivity contribution in [3.05, 3.63) is 65.9 Å². The van der Waals surface area contributed by atoms with Gasteiger partial charge in [0.15, 0.2) is 0 Å². The molecule has 0 fully saturated rings. The van der Waals surface area contributed by atoms with Crippen molar-refractivity contribution >= 4 is 21.0 Å². The van der Waals surface area contributed by atoms with Gasteiger partial charge in [-0.2, -0.15) is 0 Å². The summed E-state index contributed by atoms with van der Waals surface area (Å²) in [5.41, 5.74) is 2.85. The molecule has 3 rings (SSSR count). The summed E-state index contributed by atoms with van der Waals surface area (Å²) in [5, 5.41) is 1.03. The van der Waals surface area contributed by atoms with Crippen LogP contribution in [-0.4, -0.2) is 15.0 Å². The molecule has 0 aliphatic heterocycles. The van der Waals surface area contributed by atoms with E-state index in [1.807, 2.05) is 31.2 Å². The number of benzene rings is 2. The highest BCUT2D eigenvalue weighted by molar-refractivity contribution is 7.89. The predicted molar refractivity (Wildman–Crippen MR) is 86.3 cm³/mol. The van der Waals surface area contributed by atoms with Gasteiger partial charge in [0.1, 0.15) is 5.58 Å². The number of aryl methyl sites for hydroxylation is 1.